The minimum Gasteiger partial charge on any atom is -0.347 e. The first-order chi connectivity index (χ1) is 13.0. The number of rotatable bonds is 7. The predicted octanol–water partition coefficient (Wildman–Crippen LogP) is 2.16. The van der Waals surface area contributed by atoms with Gasteiger partial charge in [0.2, 0.25) is 0 Å². The summed E-state index contributed by atoms with van der Waals surface area (Å²) >= 11 is 1.28. The molecular formula is C18H24N6O2S. The minimum absolute atomic E-state index is 0.00622. The van der Waals surface area contributed by atoms with E-state index >= 15 is 0 Å². The maximum Gasteiger partial charge on any atom is 0.326 e. The zero-order valence-electron chi connectivity index (χ0n) is 15.6. The van der Waals surface area contributed by atoms with Crippen molar-refractivity contribution in [2.45, 2.75) is 32.7 Å². The molecule has 0 atom stereocenters. The van der Waals surface area contributed by atoms with Crippen molar-refractivity contribution in [3.05, 3.63) is 28.5 Å². The Hall–Kier alpha value is -2.42. The normalized spacial score (nSPS) is 17.0. The number of urea groups is 1. The summed E-state index contributed by atoms with van der Waals surface area (Å²) in [6.07, 6.45) is 7.29. The smallest absolute Gasteiger partial charge is 0.326 e. The average molecular weight is 388 g/mol. The molecule has 27 heavy (non-hydrogen) atoms. The van der Waals surface area contributed by atoms with Gasteiger partial charge in [-0.05, 0) is 19.3 Å². The zero-order valence-corrected chi connectivity index (χ0v) is 16.5. The number of hydrogen-bond acceptors (Lipinski definition) is 5. The van der Waals surface area contributed by atoms with Crippen molar-refractivity contribution in [3.8, 4) is 0 Å². The number of aromatic nitrogens is 3. The number of aryl methyl sites for hydroxylation is 2. The van der Waals surface area contributed by atoms with Crippen molar-refractivity contribution in [2.24, 2.45) is 13.0 Å². The van der Waals surface area contributed by atoms with Gasteiger partial charge in [-0.15, -0.1) is 0 Å². The molecule has 0 radical (unpaired) electrons. The predicted molar refractivity (Wildman–Crippen MR) is 103 cm³/mol. The molecule has 0 bridgehead atoms. The summed E-state index contributed by atoms with van der Waals surface area (Å²) in [6.45, 7) is 4.41. The zero-order chi connectivity index (χ0) is 19.0. The van der Waals surface area contributed by atoms with Crippen LogP contribution in [0.2, 0.25) is 0 Å². The van der Waals surface area contributed by atoms with Gasteiger partial charge in [-0.25, -0.2) is 9.78 Å². The summed E-state index contributed by atoms with van der Waals surface area (Å²) in [4.78, 5) is 33.8. The number of hydrogen-bond donors (Lipinski definition) is 1. The highest BCUT2D eigenvalue weighted by atomic mass is 32.1. The van der Waals surface area contributed by atoms with Crippen LogP contribution in [-0.4, -0.2) is 51.2 Å². The highest BCUT2D eigenvalue weighted by Gasteiger charge is 2.33. The largest absolute Gasteiger partial charge is 0.347 e. The van der Waals surface area contributed by atoms with Gasteiger partial charge in [0.05, 0.1) is 11.9 Å². The standard InChI is InChI=1S/C18H24N6O2S/c1-12-15(16(25)19-9-14-10-20-22(2)11-14)27-17(21-12)24-8-7-23(18(24)26)6-5-13-3-4-13/h10-11,13H,3-9H2,1-2H3,(H,19,25). The van der Waals surface area contributed by atoms with E-state index < -0.39 is 0 Å². The molecule has 8 nitrogen and oxygen atoms in total. The highest BCUT2D eigenvalue weighted by molar-refractivity contribution is 7.17. The molecule has 1 aliphatic carbocycles. The molecule has 2 fully saturated rings. The molecule has 144 valence electrons. The minimum atomic E-state index is -0.169. The third-order valence-electron chi connectivity index (χ3n) is 5.03. The molecule has 1 aliphatic heterocycles. The molecule has 0 aromatic carbocycles. The van der Waals surface area contributed by atoms with E-state index in [9.17, 15) is 9.59 Å². The van der Waals surface area contributed by atoms with Gasteiger partial charge in [0.25, 0.3) is 5.91 Å². The van der Waals surface area contributed by atoms with Crippen LogP contribution in [0.15, 0.2) is 12.4 Å². The van der Waals surface area contributed by atoms with Gasteiger partial charge in [0, 0.05) is 45.0 Å². The lowest BCUT2D eigenvalue weighted by molar-refractivity contribution is 0.0954. The highest BCUT2D eigenvalue weighted by Crippen LogP contribution is 2.33. The van der Waals surface area contributed by atoms with Gasteiger partial charge in [0.1, 0.15) is 4.88 Å². The first-order valence-corrected chi connectivity index (χ1v) is 10.1. The third-order valence-corrected chi connectivity index (χ3v) is 6.21. The van der Waals surface area contributed by atoms with Crippen molar-refractivity contribution in [2.75, 3.05) is 24.5 Å². The monoisotopic (exact) mass is 388 g/mol. The van der Waals surface area contributed by atoms with Crippen LogP contribution in [0.1, 0.15) is 40.2 Å². The lowest BCUT2D eigenvalue weighted by Gasteiger charge is -2.16. The van der Waals surface area contributed by atoms with Crippen LogP contribution in [0.5, 0.6) is 0 Å². The molecule has 0 spiro atoms. The topological polar surface area (TPSA) is 83.4 Å². The quantitative estimate of drug-likeness (QED) is 0.788. The van der Waals surface area contributed by atoms with Gasteiger partial charge in [-0.2, -0.15) is 5.10 Å². The molecule has 2 aromatic heterocycles. The Balaban J connectivity index is 1.38. The molecule has 3 heterocycles. The Morgan fingerprint density at radius 1 is 1.37 bits per heavy atom. The van der Waals surface area contributed by atoms with E-state index in [0.29, 0.717) is 28.8 Å². The number of thiazole rings is 1. The Bertz CT molecular complexity index is 856. The lowest BCUT2D eigenvalue weighted by atomic mass is 10.3. The lowest BCUT2D eigenvalue weighted by Crippen LogP contribution is -2.32. The summed E-state index contributed by atoms with van der Waals surface area (Å²) in [6, 6.07) is 0.00622. The number of nitrogens with one attached hydrogen (secondary N) is 1. The number of amides is 3. The molecule has 2 aliphatic rings. The summed E-state index contributed by atoms with van der Waals surface area (Å²) in [5.74, 6) is 0.640. The summed E-state index contributed by atoms with van der Waals surface area (Å²) in [5.41, 5.74) is 1.59. The van der Waals surface area contributed by atoms with Crippen molar-refractivity contribution >= 4 is 28.4 Å². The molecular weight excluding hydrogens is 364 g/mol. The first kappa shape index (κ1) is 18.0. The fourth-order valence-electron chi connectivity index (χ4n) is 3.25. The van der Waals surface area contributed by atoms with Gasteiger partial charge in [-0.3, -0.25) is 14.4 Å². The second-order valence-electron chi connectivity index (χ2n) is 7.27. The van der Waals surface area contributed by atoms with Crippen LogP contribution in [-0.2, 0) is 13.6 Å². The van der Waals surface area contributed by atoms with Crippen LogP contribution in [0.4, 0.5) is 9.93 Å². The van der Waals surface area contributed by atoms with E-state index in [0.717, 1.165) is 31.0 Å². The van der Waals surface area contributed by atoms with Gasteiger partial charge in [0.15, 0.2) is 5.13 Å². The van der Waals surface area contributed by atoms with E-state index in [-0.39, 0.29) is 11.9 Å². The Morgan fingerprint density at radius 3 is 2.89 bits per heavy atom. The molecule has 4 rings (SSSR count). The molecule has 9 heteroatoms. The fourth-order valence-corrected chi connectivity index (χ4v) is 4.25. The molecule has 1 saturated carbocycles. The van der Waals surface area contributed by atoms with E-state index in [4.69, 9.17) is 0 Å². The van der Waals surface area contributed by atoms with Crippen molar-refractivity contribution in [1.29, 1.82) is 0 Å². The van der Waals surface area contributed by atoms with E-state index in [1.165, 1.54) is 24.2 Å². The van der Waals surface area contributed by atoms with E-state index in [1.807, 2.05) is 25.1 Å². The third kappa shape index (κ3) is 3.97. The maximum atomic E-state index is 12.7. The summed E-state index contributed by atoms with van der Waals surface area (Å²) in [7, 11) is 1.84. The van der Waals surface area contributed by atoms with Gasteiger partial charge in [-0.1, -0.05) is 24.2 Å². The van der Waals surface area contributed by atoms with Gasteiger partial charge < -0.3 is 10.2 Å². The van der Waals surface area contributed by atoms with E-state index in [2.05, 4.69) is 15.4 Å². The number of carbonyl (C=O) groups is 2. The van der Waals surface area contributed by atoms with Crippen molar-refractivity contribution in [3.63, 3.8) is 0 Å². The van der Waals surface area contributed by atoms with E-state index in [1.54, 1.807) is 15.8 Å². The Labute approximate surface area is 162 Å². The average Bonchev–Trinajstić information content (AvgIpc) is 3.08. The fraction of sp³-hybridized carbons (Fsp3) is 0.556. The van der Waals surface area contributed by atoms with Crippen LogP contribution < -0.4 is 10.2 Å². The molecule has 2 aromatic rings. The summed E-state index contributed by atoms with van der Waals surface area (Å²) in [5, 5.41) is 7.60. The summed E-state index contributed by atoms with van der Waals surface area (Å²) < 4.78 is 1.70. The molecule has 1 saturated heterocycles. The number of carbonyl (C=O) groups excluding carboxylic acids is 2. The van der Waals surface area contributed by atoms with Crippen LogP contribution in [0.25, 0.3) is 0 Å². The molecule has 0 unspecified atom stereocenters. The van der Waals surface area contributed by atoms with Crippen molar-refractivity contribution in [1.82, 2.24) is 25.0 Å². The van der Waals surface area contributed by atoms with Crippen LogP contribution in [0, 0.1) is 12.8 Å². The molecule has 3 amide bonds. The van der Waals surface area contributed by atoms with Gasteiger partial charge >= 0.3 is 6.03 Å². The second kappa shape index (κ2) is 7.30. The Kier molecular flexibility index (Phi) is 4.86. The Morgan fingerprint density at radius 2 is 2.19 bits per heavy atom. The second-order valence-corrected chi connectivity index (χ2v) is 8.25. The number of nitrogens with zero attached hydrogens (tertiary/aromatic N) is 5. The first-order valence-electron chi connectivity index (χ1n) is 9.31. The van der Waals surface area contributed by atoms with Crippen LogP contribution >= 0.6 is 11.3 Å². The number of anilines is 1. The van der Waals surface area contributed by atoms with Crippen LogP contribution in [0.3, 0.4) is 0 Å². The SMILES string of the molecule is Cc1nc(N2CCN(CCC3CC3)C2=O)sc1C(=O)NCc1cnn(C)c1. The maximum absolute atomic E-state index is 12.7. The van der Waals surface area contributed by atoms with Crippen molar-refractivity contribution < 1.29 is 9.59 Å². The molecule has 1 N–H and O–H groups in total.